The summed E-state index contributed by atoms with van der Waals surface area (Å²) in [6, 6.07) is -1.03. The number of Topliss-reactive ketones (excluding diaryl/α,β-unsaturated/α-hetero) is 1. The number of amides is 1. The van der Waals surface area contributed by atoms with Gasteiger partial charge in [0.25, 0.3) is 0 Å². The van der Waals surface area contributed by atoms with Gasteiger partial charge in [-0.25, -0.2) is 0 Å². The Morgan fingerprint density at radius 2 is 2.27 bits per heavy atom. The Bertz CT molecular complexity index is 371. The van der Waals surface area contributed by atoms with Crippen LogP contribution in [0, 0.1) is 0 Å². The summed E-state index contributed by atoms with van der Waals surface area (Å²) in [5.41, 5.74) is 0.568. The van der Waals surface area contributed by atoms with Crippen LogP contribution in [0.5, 0.6) is 0 Å². The molecule has 0 radical (unpaired) electrons. The van der Waals surface area contributed by atoms with E-state index in [2.05, 4.69) is 5.32 Å². The second-order valence-corrected chi connectivity index (χ2v) is 3.66. The number of hydrogen-bond acceptors (Lipinski definition) is 3. The Kier molecular flexibility index (Phi) is 3.52. The third-order valence-corrected chi connectivity index (χ3v) is 2.42. The van der Waals surface area contributed by atoms with Gasteiger partial charge in [-0.2, -0.15) is 0 Å². The number of rotatable bonds is 2. The van der Waals surface area contributed by atoms with E-state index in [1.165, 1.54) is 13.0 Å². The second kappa shape index (κ2) is 4.49. The first-order valence-corrected chi connectivity index (χ1v) is 4.95. The van der Waals surface area contributed by atoms with Crippen molar-refractivity contribution in [1.29, 1.82) is 0 Å². The van der Waals surface area contributed by atoms with E-state index < -0.39 is 11.8 Å². The fraction of sp³-hybridized carbons (Fsp3) is 0.400. The van der Waals surface area contributed by atoms with E-state index in [1.807, 2.05) is 6.92 Å². The normalized spacial score (nSPS) is 21.4. The first-order chi connectivity index (χ1) is 6.97. The topological polar surface area (TPSA) is 66.4 Å². The molecule has 0 aromatic rings. The number of allylic oxidation sites excluding steroid dienone is 2. The Labute approximate surface area is 92.6 Å². The molecule has 2 N–H and O–H groups in total. The third kappa shape index (κ3) is 2.39. The number of hydrogen-bond donors (Lipinski definition) is 2. The highest BCUT2D eigenvalue weighted by Gasteiger charge is 2.31. The van der Waals surface area contributed by atoms with Crippen molar-refractivity contribution in [2.24, 2.45) is 0 Å². The van der Waals surface area contributed by atoms with Gasteiger partial charge in [-0.05, 0) is 18.1 Å². The quantitative estimate of drug-likeness (QED) is 0.753. The fourth-order valence-corrected chi connectivity index (χ4v) is 1.61. The van der Waals surface area contributed by atoms with Crippen LogP contribution in [0.25, 0.3) is 0 Å². The van der Waals surface area contributed by atoms with E-state index in [0.29, 0.717) is 12.0 Å². The third-order valence-electron chi connectivity index (χ3n) is 2.13. The van der Waals surface area contributed by atoms with Gasteiger partial charge in [-0.15, -0.1) is 0 Å². The van der Waals surface area contributed by atoms with Gasteiger partial charge in [-0.3, -0.25) is 9.59 Å². The summed E-state index contributed by atoms with van der Waals surface area (Å²) >= 11 is 5.70. The summed E-state index contributed by atoms with van der Waals surface area (Å²) in [5.74, 6) is -0.995. The van der Waals surface area contributed by atoms with E-state index in [1.54, 1.807) is 0 Å². The number of aliphatic hydroxyl groups is 1. The van der Waals surface area contributed by atoms with Crippen molar-refractivity contribution < 1.29 is 14.7 Å². The maximum absolute atomic E-state index is 11.5. The lowest BCUT2D eigenvalue weighted by molar-refractivity contribution is -0.124. The van der Waals surface area contributed by atoms with Crippen molar-refractivity contribution in [3.63, 3.8) is 0 Å². The van der Waals surface area contributed by atoms with Crippen molar-refractivity contribution in [2.45, 2.75) is 26.3 Å². The molecule has 1 aliphatic carbocycles. The van der Waals surface area contributed by atoms with Gasteiger partial charge >= 0.3 is 0 Å². The van der Waals surface area contributed by atoms with Gasteiger partial charge in [0, 0.05) is 6.92 Å². The van der Waals surface area contributed by atoms with Crippen molar-refractivity contribution in [1.82, 2.24) is 5.32 Å². The van der Waals surface area contributed by atoms with Crippen LogP contribution in [-0.2, 0) is 9.59 Å². The van der Waals surface area contributed by atoms with E-state index in [-0.39, 0.29) is 16.7 Å². The number of halogens is 1. The molecule has 0 heterocycles. The summed E-state index contributed by atoms with van der Waals surface area (Å²) < 4.78 is 0. The van der Waals surface area contributed by atoms with Crippen molar-refractivity contribution in [2.75, 3.05) is 0 Å². The van der Waals surface area contributed by atoms with E-state index >= 15 is 0 Å². The highest BCUT2D eigenvalue weighted by atomic mass is 35.5. The van der Waals surface area contributed by atoms with E-state index in [9.17, 15) is 14.7 Å². The molecule has 4 nitrogen and oxygen atoms in total. The van der Waals surface area contributed by atoms with Crippen LogP contribution in [0.15, 0.2) is 22.4 Å². The van der Waals surface area contributed by atoms with Crippen molar-refractivity contribution in [3.05, 3.63) is 22.4 Å². The largest absolute Gasteiger partial charge is 0.509 e. The molecule has 0 aromatic carbocycles. The molecule has 1 rings (SSSR count). The minimum atomic E-state index is -1.03. The maximum atomic E-state index is 11.5. The molecular formula is C10H12ClNO3. The highest BCUT2D eigenvalue weighted by molar-refractivity contribution is 6.44. The van der Waals surface area contributed by atoms with Crippen LogP contribution in [0.4, 0.5) is 0 Å². The Hall–Kier alpha value is -1.29. The molecule has 0 spiro atoms. The molecule has 0 aromatic heterocycles. The molecule has 1 aliphatic rings. The molecule has 0 aliphatic heterocycles. The van der Waals surface area contributed by atoms with Gasteiger partial charge in [0.2, 0.25) is 11.7 Å². The Morgan fingerprint density at radius 1 is 1.67 bits per heavy atom. The first-order valence-electron chi connectivity index (χ1n) is 4.57. The van der Waals surface area contributed by atoms with Crippen LogP contribution in [-0.4, -0.2) is 22.8 Å². The monoisotopic (exact) mass is 229 g/mol. The van der Waals surface area contributed by atoms with Gasteiger partial charge in [0.05, 0.1) is 5.03 Å². The van der Waals surface area contributed by atoms with Crippen LogP contribution in [0.3, 0.4) is 0 Å². The maximum Gasteiger partial charge on any atom is 0.217 e. The molecule has 0 saturated carbocycles. The molecule has 1 atom stereocenters. The smallest absolute Gasteiger partial charge is 0.217 e. The molecule has 1 amide bonds. The molecular weight excluding hydrogens is 218 g/mol. The molecule has 0 bridgehead atoms. The van der Waals surface area contributed by atoms with Crippen molar-refractivity contribution >= 4 is 23.3 Å². The Morgan fingerprint density at radius 3 is 2.73 bits per heavy atom. The lowest BCUT2D eigenvalue weighted by atomic mass is 9.97. The lowest BCUT2D eigenvalue weighted by Gasteiger charge is -2.21. The average Bonchev–Trinajstić information content (AvgIpc) is 2.18. The number of carbonyl (C=O) groups is 2. The minimum Gasteiger partial charge on any atom is -0.509 e. The molecule has 0 saturated heterocycles. The second-order valence-electron chi connectivity index (χ2n) is 3.25. The minimum absolute atomic E-state index is 0.0309. The molecule has 0 fully saturated rings. The van der Waals surface area contributed by atoms with E-state index in [0.717, 1.165) is 0 Å². The highest BCUT2D eigenvalue weighted by Crippen LogP contribution is 2.24. The zero-order chi connectivity index (χ0) is 11.6. The van der Waals surface area contributed by atoms with Gasteiger partial charge in [0.15, 0.2) is 6.04 Å². The van der Waals surface area contributed by atoms with Crippen LogP contribution >= 0.6 is 11.6 Å². The molecule has 1 unspecified atom stereocenters. The lowest BCUT2D eigenvalue weighted by Crippen LogP contribution is -2.43. The zero-order valence-corrected chi connectivity index (χ0v) is 9.26. The SMILES string of the molecule is CCC1=C(O)C(NC(C)=O)C(=O)C(Cl)=C1. The summed E-state index contributed by atoms with van der Waals surface area (Å²) in [7, 11) is 0. The summed E-state index contributed by atoms with van der Waals surface area (Å²) in [4.78, 5) is 22.4. The molecule has 82 valence electrons. The summed E-state index contributed by atoms with van der Waals surface area (Å²) in [6.45, 7) is 3.10. The predicted molar refractivity (Wildman–Crippen MR) is 56.5 cm³/mol. The summed E-state index contributed by atoms with van der Waals surface area (Å²) in [6.07, 6.45) is 1.98. The molecule has 15 heavy (non-hydrogen) atoms. The van der Waals surface area contributed by atoms with Crippen LogP contribution in [0.2, 0.25) is 0 Å². The van der Waals surface area contributed by atoms with Gasteiger partial charge < -0.3 is 10.4 Å². The van der Waals surface area contributed by atoms with E-state index in [4.69, 9.17) is 11.6 Å². The Balaban J connectivity index is 3.06. The van der Waals surface area contributed by atoms with Crippen LogP contribution < -0.4 is 5.32 Å². The standard InChI is InChI=1S/C10H12ClNO3/c1-3-6-4-7(11)10(15)8(9(6)14)12-5(2)13/h4,8,14H,3H2,1-2H3,(H,12,13). The predicted octanol–water partition coefficient (Wildman–Crippen LogP) is 1.42. The average molecular weight is 230 g/mol. The number of nitrogens with one attached hydrogen (secondary N) is 1. The first kappa shape index (κ1) is 11.8. The molecule has 5 heteroatoms. The fourth-order valence-electron chi connectivity index (χ4n) is 1.37. The summed E-state index contributed by atoms with van der Waals surface area (Å²) in [5, 5.41) is 12.1. The van der Waals surface area contributed by atoms with Crippen LogP contribution in [0.1, 0.15) is 20.3 Å². The van der Waals surface area contributed by atoms with Gasteiger partial charge in [0.1, 0.15) is 5.76 Å². The zero-order valence-electron chi connectivity index (χ0n) is 8.50. The number of ketones is 1. The number of carbonyl (C=O) groups excluding carboxylic acids is 2. The number of aliphatic hydroxyl groups excluding tert-OH is 1. The van der Waals surface area contributed by atoms with Gasteiger partial charge in [-0.1, -0.05) is 18.5 Å². The van der Waals surface area contributed by atoms with Crippen molar-refractivity contribution in [3.8, 4) is 0 Å².